The number of thioether (sulfide) groups is 1. The summed E-state index contributed by atoms with van der Waals surface area (Å²) in [6.07, 6.45) is 0. The molecule has 2 N–H and O–H groups in total. The smallest absolute Gasteiger partial charge is 0.141 e. The number of aromatic nitrogens is 2. The van der Waals surface area contributed by atoms with Crippen molar-refractivity contribution in [2.75, 3.05) is 5.73 Å². The summed E-state index contributed by atoms with van der Waals surface area (Å²) in [5.74, 6) is 1.96. The van der Waals surface area contributed by atoms with Crippen LogP contribution in [-0.4, -0.2) is 9.97 Å². The van der Waals surface area contributed by atoms with Gasteiger partial charge in [-0.15, -0.1) is 11.8 Å². The Morgan fingerprint density at radius 3 is 2.29 bits per heavy atom. The zero-order valence-corrected chi connectivity index (χ0v) is 16.1. The van der Waals surface area contributed by atoms with Crippen LogP contribution in [0.2, 0.25) is 0 Å². The zero-order chi connectivity index (χ0) is 15.6. The molecule has 0 aliphatic rings. The van der Waals surface area contributed by atoms with Crippen molar-refractivity contribution in [2.24, 2.45) is 0 Å². The second-order valence-corrected chi connectivity index (χ2v) is 8.44. The average molecular weight is 431 g/mol. The summed E-state index contributed by atoms with van der Waals surface area (Å²) in [5, 5.41) is 0. The molecule has 0 atom stereocenters. The summed E-state index contributed by atoms with van der Waals surface area (Å²) in [5.41, 5.74) is 6.86. The van der Waals surface area contributed by atoms with Crippen LogP contribution in [0.15, 0.2) is 38.1 Å². The van der Waals surface area contributed by atoms with E-state index in [1.54, 1.807) is 11.8 Å². The van der Waals surface area contributed by atoms with E-state index in [9.17, 15) is 0 Å². The van der Waals surface area contributed by atoms with E-state index < -0.39 is 0 Å². The molecule has 21 heavy (non-hydrogen) atoms. The maximum Gasteiger partial charge on any atom is 0.141 e. The first-order valence-electron chi connectivity index (χ1n) is 6.48. The van der Waals surface area contributed by atoms with E-state index in [-0.39, 0.29) is 5.41 Å². The molecule has 1 aromatic carbocycles. The first-order chi connectivity index (χ1) is 9.77. The van der Waals surface area contributed by atoms with Crippen molar-refractivity contribution in [3.63, 3.8) is 0 Å². The van der Waals surface area contributed by atoms with Gasteiger partial charge in [-0.3, -0.25) is 0 Å². The van der Waals surface area contributed by atoms with Gasteiger partial charge in [0.25, 0.3) is 0 Å². The van der Waals surface area contributed by atoms with Crippen LogP contribution in [0.25, 0.3) is 0 Å². The standard InChI is InChI=1S/C15H17Br2N3S/c1-15(2,3)13-12(17)14(18)20-11(19-13)8-21-10-6-4-9(16)5-7-10/h4-7H,8H2,1-3H3,(H2,18,19,20). The van der Waals surface area contributed by atoms with Crippen LogP contribution < -0.4 is 5.73 Å². The minimum Gasteiger partial charge on any atom is -0.383 e. The fourth-order valence-corrected chi connectivity index (χ4v) is 3.54. The molecule has 0 aliphatic carbocycles. The summed E-state index contributed by atoms with van der Waals surface area (Å²) in [6.45, 7) is 6.35. The molecule has 0 aliphatic heterocycles. The number of halogens is 2. The fraction of sp³-hybridized carbons (Fsp3) is 0.333. The van der Waals surface area contributed by atoms with E-state index in [1.165, 1.54) is 4.90 Å². The zero-order valence-electron chi connectivity index (χ0n) is 12.2. The third-order valence-corrected chi connectivity index (χ3v) is 5.13. The van der Waals surface area contributed by atoms with Gasteiger partial charge in [0.2, 0.25) is 0 Å². The van der Waals surface area contributed by atoms with Crippen LogP contribution in [0.3, 0.4) is 0 Å². The summed E-state index contributed by atoms with van der Waals surface area (Å²) in [6, 6.07) is 8.20. The molecule has 0 fully saturated rings. The maximum atomic E-state index is 5.99. The molecule has 3 nitrogen and oxygen atoms in total. The van der Waals surface area contributed by atoms with Crippen molar-refractivity contribution >= 4 is 49.4 Å². The molecule has 0 radical (unpaired) electrons. The lowest BCUT2D eigenvalue weighted by molar-refractivity contribution is 0.561. The van der Waals surface area contributed by atoms with Crippen LogP contribution in [0.4, 0.5) is 5.82 Å². The lowest BCUT2D eigenvalue weighted by Gasteiger charge is -2.20. The van der Waals surface area contributed by atoms with Gasteiger partial charge < -0.3 is 5.73 Å². The molecule has 0 spiro atoms. The monoisotopic (exact) mass is 429 g/mol. The second-order valence-electron chi connectivity index (χ2n) is 5.68. The minimum absolute atomic E-state index is 0.0765. The Balaban J connectivity index is 2.21. The lowest BCUT2D eigenvalue weighted by atomic mass is 9.92. The molecule has 0 amide bonds. The molecule has 1 heterocycles. The SMILES string of the molecule is CC(C)(C)c1nc(CSc2ccc(Br)cc2)nc(N)c1Br. The topological polar surface area (TPSA) is 51.8 Å². The molecule has 0 unspecified atom stereocenters. The van der Waals surface area contributed by atoms with E-state index in [1.807, 2.05) is 12.1 Å². The first kappa shape index (κ1) is 16.8. The highest BCUT2D eigenvalue weighted by Gasteiger charge is 2.22. The Morgan fingerprint density at radius 2 is 1.71 bits per heavy atom. The third kappa shape index (κ3) is 4.44. The molecule has 0 saturated carbocycles. The van der Waals surface area contributed by atoms with Crippen LogP contribution in [-0.2, 0) is 11.2 Å². The largest absolute Gasteiger partial charge is 0.383 e. The quantitative estimate of drug-likeness (QED) is 0.682. The van der Waals surface area contributed by atoms with Crippen LogP contribution >= 0.6 is 43.6 Å². The number of anilines is 1. The number of benzene rings is 1. The normalized spacial score (nSPS) is 11.7. The molecule has 1 aromatic heterocycles. The second kappa shape index (κ2) is 6.67. The Labute approximate surface area is 146 Å². The van der Waals surface area contributed by atoms with Gasteiger partial charge in [0, 0.05) is 14.8 Å². The van der Waals surface area contributed by atoms with Gasteiger partial charge in [-0.1, -0.05) is 36.7 Å². The van der Waals surface area contributed by atoms with Crippen LogP contribution in [0.1, 0.15) is 32.3 Å². The highest BCUT2D eigenvalue weighted by atomic mass is 79.9. The van der Waals surface area contributed by atoms with E-state index in [0.717, 1.165) is 20.5 Å². The van der Waals surface area contributed by atoms with Crippen LogP contribution in [0.5, 0.6) is 0 Å². The minimum atomic E-state index is -0.0765. The van der Waals surface area contributed by atoms with Gasteiger partial charge in [0.1, 0.15) is 11.6 Å². The molecular formula is C15H17Br2N3S. The Bertz CT molecular complexity index is 637. The predicted octanol–water partition coefficient (Wildman–Crippen LogP) is 5.17. The summed E-state index contributed by atoms with van der Waals surface area (Å²) < 4.78 is 1.87. The Morgan fingerprint density at radius 1 is 1.10 bits per heavy atom. The van der Waals surface area contributed by atoms with Gasteiger partial charge in [-0.05, 0) is 40.2 Å². The lowest BCUT2D eigenvalue weighted by Crippen LogP contribution is -2.17. The highest BCUT2D eigenvalue weighted by molar-refractivity contribution is 9.11. The van der Waals surface area contributed by atoms with Gasteiger partial charge in [0.05, 0.1) is 15.9 Å². The first-order valence-corrected chi connectivity index (χ1v) is 9.05. The van der Waals surface area contributed by atoms with Gasteiger partial charge in [-0.25, -0.2) is 9.97 Å². The summed E-state index contributed by atoms with van der Waals surface area (Å²) >= 11 is 8.63. The molecular weight excluding hydrogens is 414 g/mol. The van der Waals surface area contributed by atoms with Gasteiger partial charge in [0.15, 0.2) is 0 Å². The van der Waals surface area contributed by atoms with E-state index in [2.05, 4.69) is 74.7 Å². The Kier molecular flexibility index (Phi) is 5.33. The number of nitrogens with zero attached hydrogens (tertiary/aromatic N) is 2. The summed E-state index contributed by atoms with van der Waals surface area (Å²) in [4.78, 5) is 10.2. The number of nitrogen functional groups attached to an aromatic ring is 1. The average Bonchev–Trinajstić information content (AvgIpc) is 2.40. The van der Waals surface area contributed by atoms with Crippen molar-refractivity contribution < 1.29 is 0 Å². The Hall–Kier alpha value is -0.590. The maximum absolute atomic E-state index is 5.99. The molecule has 0 bridgehead atoms. The highest BCUT2D eigenvalue weighted by Crippen LogP contribution is 2.32. The van der Waals surface area contributed by atoms with Crippen LogP contribution in [0, 0.1) is 0 Å². The molecule has 6 heteroatoms. The predicted molar refractivity (Wildman–Crippen MR) is 96.5 cm³/mol. The number of hydrogen-bond donors (Lipinski definition) is 1. The van der Waals surface area contributed by atoms with E-state index in [4.69, 9.17) is 5.73 Å². The van der Waals surface area contributed by atoms with Crippen molar-refractivity contribution in [3.05, 3.63) is 44.7 Å². The molecule has 112 valence electrons. The number of hydrogen-bond acceptors (Lipinski definition) is 4. The van der Waals surface area contributed by atoms with Crippen molar-refractivity contribution in [2.45, 2.75) is 36.8 Å². The molecule has 2 aromatic rings. The molecule has 0 saturated heterocycles. The number of rotatable bonds is 3. The number of nitrogens with two attached hydrogens (primary N) is 1. The van der Waals surface area contributed by atoms with Gasteiger partial charge >= 0.3 is 0 Å². The van der Waals surface area contributed by atoms with E-state index >= 15 is 0 Å². The third-order valence-electron chi connectivity index (χ3n) is 2.82. The van der Waals surface area contributed by atoms with Crippen molar-refractivity contribution in [1.29, 1.82) is 0 Å². The fourth-order valence-electron chi connectivity index (χ4n) is 1.75. The van der Waals surface area contributed by atoms with Gasteiger partial charge in [-0.2, -0.15) is 0 Å². The van der Waals surface area contributed by atoms with Crippen molar-refractivity contribution in [1.82, 2.24) is 9.97 Å². The van der Waals surface area contributed by atoms with E-state index in [0.29, 0.717) is 11.6 Å². The molecule has 2 rings (SSSR count). The summed E-state index contributed by atoms with van der Waals surface area (Å²) in [7, 11) is 0. The van der Waals surface area contributed by atoms with Crippen molar-refractivity contribution in [3.8, 4) is 0 Å².